The van der Waals surface area contributed by atoms with Crippen molar-refractivity contribution in [3.63, 3.8) is 0 Å². The molecular weight excluding hydrogens is 154 g/mol. The van der Waals surface area contributed by atoms with E-state index < -0.39 is 5.60 Å². The van der Waals surface area contributed by atoms with Gasteiger partial charge in [0.15, 0.2) is 5.95 Å². The van der Waals surface area contributed by atoms with Gasteiger partial charge in [0.2, 0.25) is 0 Å². The maximum Gasteiger partial charge on any atom is 0.200 e. The maximum atomic E-state index is 9.48. The minimum Gasteiger partial charge on any atom is -0.390 e. The molecule has 0 bridgehead atoms. The highest BCUT2D eigenvalue weighted by Crippen LogP contribution is 2.11. The lowest BCUT2D eigenvalue weighted by atomic mass is 10.0. The fourth-order valence-corrected chi connectivity index (χ4v) is 1.07. The predicted molar refractivity (Wildman–Crippen MR) is 47.6 cm³/mol. The van der Waals surface area contributed by atoms with Crippen LogP contribution in [0.5, 0.6) is 0 Å². The van der Waals surface area contributed by atoms with Crippen LogP contribution in [-0.4, -0.2) is 20.3 Å². The predicted octanol–water partition coefficient (Wildman–Crippen LogP) is 0.316. The number of imidazole rings is 1. The molecule has 3 N–H and O–H groups in total. The van der Waals surface area contributed by atoms with Crippen LogP contribution < -0.4 is 5.73 Å². The molecule has 0 unspecified atom stereocenters. The van der Waals surface area contributed by atoms with Crippen molar-refractivity contribution in [1.82, 2.24) is 9.55 Å². The summed E-state index contributed by atoms with van der Waals surface area (Å²) in [6.07, 6.45) is 2.35. The van der Waals surface area contributed by atoms with Crippen LogP contribution in [0.4, 0.5) is 5.95 Å². The average Bonchev–Trinajstić information content (AvgIpc) is 2.07. The third-order valence-corrected chi connectivity index (χ3v) is 1.58. The lowest BCUT2D eigenvalue weighted by Crippen LogP contribution is -2.22. The van der Waals surface area contributed by atoms with Crippen LogP contribution >= 0.6 is 0 Å². The monoisotopic (exact) mass is 169 g/mol. The average molecular weight is 169 g/mol. The van der Waals surface area contributed by atoms with E-state index >= 15 is 0 Å². The fraction of sp³-hybridized carbons (Fsp3) is 0.625. The van der Waals surface area contributed by atoms with Crippen LogP contribution in [0.1, 0.15) is 19.5 Å². The molecular formula is C8H15N3O. The number of nitrogens with zero attached hydrogens (tertiary/aromatic N) is 2. The molecule has 0 aliphatic carbocycles. The molecule has 0 spiro atoms. The molecule has 0 aliphatic heterocycles. The van der Waals surface area contributed by atoms with E-state index in [1.54, 1.807) is 18.4 Å². The van der Waals surface area contributed by atoms with Crippen molar-refractivity contribution >= 4 is 5.95 Å². The Bertz CT molecular complexity index is 253. The van der Waals surface area contributed by atoms with Gasteiger partial charge in [-0.3, -0.25) is 0 Å². The maximum absolute atomic E-state index is 9.48. The van der Waals surface area contributed by atoms with E-state index in [0.29, 0.717) is 12.4 Å². The van der Waals surface area contributed by atoms with Crippen molar-refractivity contribution in [2.24, 2.45) is 7.05 Å². The van der Waals surface area contributed by atoms with E-state index in [0.717, 1.165) is 5.69 Å². The van der Waals surface area contributed by atoms with Crippen LogP contribution in [0.25, 0.3) is 0 Å². The molecule has 0 atom stereocenters. The van der Waals surface area contributed by atoms with Crippen LogP contribution in [0, 0.1) is 0 Å². The number of rotatable bonds is 2. The number of aliphatic hydroxyl groups is 1. The summed E-state index contributed by atoms with van der Waals surface area (Å²) >= 11 is 0. The van der Waals surface area contributed by atoms with Gasteiger partial charge in [-0.05, 0) is 13.8 Å². The number of aromatic nitrogens is 2. The zero-order valence-corrected chi connectivity index (χ0v) is 7.70. The van der Waals surface area contributed by atoms with Gasteiger partial charge in [-0.15, -0.1) is 0 Å². The number of nitrogens with two attached hydrogens (primary N) is 1. The summed E-state index contributed by atoms with van der Waals surface area (Å²) in [7, 11) is 1.83. The molecule has 0 fully saturated rings. The zero-order valence-electron chi connectivity index (χ0n) is 7.70. The summed E-state index contributed by atoms with van der Waals surface area (Å²) < 4.78 is 1.74. The summed E-state index contributed by atoms with van der Waals surface area (Å²) in [5.41, 5.74) is 5.63. The Labute approximate surface area is 72.0 Å². The molecule has 1 aromatic rings. The summed E-state index contributed by atoms with van der Waals surface area (Å²) in [6.45, 7) is 3.50. The minimum absolute atomic E-state index is 0.481. The summed E-state index contributed by atoms with van der Waals surface area (Å²) in [5.74, 6) is 0.481. The van der Waals surface area contributed by atoms with E-state index in [9.17, 15) is 5.11 Å². The third-order valence-electron chi connectivity index (χ3n) is 1.58. The smallest absolute Gasteiger partial charge is 0.200 e. The lowest BCUT2D eigenvalue weighted by Gasteiger charge is -2.14. The van der Waals surface area contributed by atoms with Crippen molar-refractivity contribution in [2.75, 3.05) is 5.73 Å². The molecule has 1 heterocycles. The topological polar surface area (TPSA) is 64.1 Å². The highest BCUT2D eigenvalue weighted by Gasteiger charge is 2.15. The standard InChI is InChI=1S/C8H15N3O/c1-8(2,12)4-6-5-11(3)7(9)10-6/h5,12H,4H2,1-3H3,(H2,9,10). The molecule has 0 saturated carbocycles. The molecule has 0 saturated heterocycles. The first-order chi connectivity index (χ1) is 5.38. The number of nitrogen functional groups attached to an aromatic ring is 1. The Kier molecular flexibility index (Phi) is 2.10. The second-order valence-corrected chi connectivity index (χ2v) is 3.69. The van der Waals surface area contributed by atoms with E-state index in [2.05, 4.69) is 4.98 Å². The van der Waals surface area contributed by atoms with Crippen LogP contribution in [0.3, 0.4) is 0 Å². The van der Waals surface area contributed by atoms with E-state index in [1.165, 1.54) is 0 Å². The quantitative estimate of drug-likeness (QED) is 0.670. The van der Waals surface area contributed by atoms with Gasteiger partial charge in [-0.2, -0.15) is 0 Å². The Morgan fingerprint density at radius 3 is 2.58 bits per heavy atom. The highest BCUT2D eigenvalue weighted by atomic mass is 16.3. The van der Waals surface area contributed by atoms with E-state index in [-0.39, 0.29) is 0 Å². The van der Waals surface area contributed by atoms with Crippen LogP contribution in [-0.2, 0) is 13.5 Å². The first kappa shape index (κ1) is 9.06. The van der Waals surface area contributed by atoms with E-state index in [1.807, 2.05) is 13.2 Å². The van der Waals surface area contributed by atoms with Crippen molar-refractivity contribution in [3.8, 4) is 0 Å². The normalized spacial score (nSPS) is 12.0. The molecule has 68 valence electrons. The SMILES string of the molecule is Cn1cc(CC(C)(C)O)nc1N. The van der Waals surface area contributed by atoms with E-state index in [4.69, 9.17) is 5.73 Å². The molecule has 0 radical (unpaired) electrons. The van der Waals surface area contributed by atoms with Crippen LogP contribution in [0.15, 0.2) is 6.20 Å². The fourth-order valence-electron chi connectivity index (χ4n) is 1.07. The number of hydrogen-bond acceptors (Lipinski definition) is 3. The minimum atomic E-state index is -0.721. The Hall–Kier alpha value is -1.03. The molecule has 1 aromatic heterocycles. The van der Waals surface area contributed by atoms with Crippen LogP contribution in [0.2, 0.25) is 0 Å². The highest BCUT2D eigenvalue weighted by molar-refractivity contribution is 5.21. The Balaban J connectivity index is 2.77. The third kappa shape index (κ3) is 2.23. The van der Waals surface area contributed by atoms with Gasteiger partial charge < -0.3 is 15.4 Å². The van der Waals surface area contributed by atoms with Gasteiger partial charge in [0.25, 0.3) is 0 Å². The van der Waals surface area contributed by atoms with Crippen molar-refractivity contribution in [1.29, 1.82) is 0 Å². The summed E-state index contributed by atoms with van der Waals surface area (Å²) in [6, 6.07) is 0. The number of anilines is 1. The van der Waals surface area contributed by atoms with Crippen molar-refractivity contribution in [3.05, 3.63) is 11.9 Å². The van der Waals surface area contributed by atoms with Gasteiger partial charge in [0.1, 0.15) is 0 Å². The lowest BCUT2D eigenvalue weighted by molar-refractivity contribution is 0.0800. The first-order valence-electron chi connectivity index (χ1n) is 3.88. The van der Waals surface area contributed by atoms with Gasteiger partial charge in [0.05, 0.1) is 11.3 Å². The molecule has 4 nitrogen and oxygen atoms in total. The first-order valence-corrected chi connectivity index (χ1v) is 3.88. The second-order valence-electron chi connectivity index (χ2n) is 3.69. The number of hydrogen-bond donors (Lipinski definition) is 2. The number of aryl methyl sites for hydroxylation is 1. The summed E-state index contributed by atoms with van der Waals surface area (Å²) in [4.78, 5) is 4.08. The molecule has 1 rings (SSSR count). The molecule has 4 heteroatoms. The summed E-state index contributed by atoms with van der Waals surface area (Å²) in [5, 5.41) is 9.48. The largest absolute Gasteiger partial charge is 0.390 e. The van der Waals surface area contributed by atoms with Gasteiger partial charge in [-0.25, -0.2) is 4.98 Å². The molecule has 0 amide bonds. The zero-order chi connectivity index (χ0) is 9.35. The molecule has 0 aromatic carbocycles. The van der Waals surface area contributed by atoms with Crippen molar-refractivity contribution < 1.29 is 5.11 Å². The van der Waals surface area contributed by atoms with Crippen molar-refractivity contribution in [2.45, 2.75) is 25.9 Å². The van der Waals surface area contributed by atoms with Gasteiger partial charge >= 0.3 is 0 Å². The Morgan fingerprint density at radius 1 is 1.67 bits per heavy atom. The second kappa shape index (κ2) is 2.79. The molecule has 12 heavy (non-hydrogen) atoms. The van der Waals surface area contributed by atoms with Gasteiger partial charge in [-0.1, -0.05) is 0 Å². The van der Waals surface area contributed by atoms with Gasteiger partial charge in [0, 0.05) is 19.7 Å². The Morgan fingerprint density at radius 2 is 2.25 bits per heavy atom. The molecule has 0 aliphatic rings.